The molecule has 4 heteroatoms. The minimum absolute atomic E-state index is 0.0537. The second kappa shape index (κ2) is 3.70. The normalized spacial score (nSPS) is 20.8. The Bertz CT molecular complexity index is 289. The van der Waals surface area contributed by atoms with Gasteiger partial charge in [0.1, 0.15) is 6.61 Å². The van der Waals surface area contributed by atoms with E-state index in [1.165, 1.54) is 18.3 Å². The molecular weight excluding hydrogens is 173 g/mol. The smallest absolute Gasteiger partial charge is 0.250 e. The van der Waals surface area contributed by atoms with Crippen molar-refractivity contribution >= 4 is 0 Å². The molecule has 1 unspecified atom stereocenters. The van der Waals surface area contributed by atoms with Crippen molar-refractivity contribution in [1.82, 2.24) is 4.98 Å². The van der Waals surface area contributed by atoms with Crippen LogP contribution in [0.15, 0.2) is 18.3 Å². The molecule has 0 bridgehead atoms. The van der Waals surface area contributed by atoms with E-state index in [4.69, 9.17) is 9.47 Å². The fourth-order valence-electron chi connectivity index (χ4n) is 1.07. The van der Waals surface area contributed by atoms with Gasteiger partial charge >= 0.3 is 0 Å². The van der Waals surface area contributed by atoms with Crippen LogP contribution in [-0.4, -0.2) is 24.3 Å². The second-order valence-electron chi connectivity index (χ2n) is 2.88. The molecular formula is C9H10FNO2. The van der Waals surface area contributed by atoms with E-state index in [1.807, 2.05) is 0 Å². The van der Waals surface area contributed by atoms with Crippen molar-refractivity contribution < 1.29 is 13.9 Å². The number of pyridine rings is 1. The molecule has 1 aliphatic rings. The van der Waals surface area contributed by atoms with Gasteiger partial charge in [0.15, 0.2) is 5.82 Å². The van der Waals surface area contributed by atoms with Crippen molar-refractivity contribution in [2.24, 2.45) is 0 Å². The molecule has 0 spiro atoms. The largest absolute Gasteiger partial charge is 0.473 e. The molecule has 0 aliphatic carbocycles. The molecule has 70 valence electrons. The van der Waals surface area contributed by atoms with Crippen LogP contribution in [0.2, 0.25) is 0 Å². The van der Waals surface area contributed by atoms with Gasteiger partial charge in [-0.1, -0.05) is 0 Å². The highest BCUT2D eigenvalue weighted by molar-refractivity contribution is 5.12. The lowest BCUT2D eigenvalue weighted by Gasteiger charge is -2.25. The maximum atomic E-state index is 12.9. The molecule has 1 aliphatic heterocycles. The van der Waals surface area contributed by atoms with E-state index in [0.717, 1.165) is 13.0 Å². The first-order chi connectivity index (χ1) is 6.36. The Morgan fingerprint density at radius 2 is 2.54 bits per heavy atom. The van der Waals surface area contributed by atoms with Crippen LogP contribution in [0.3, 0.4) is 0 Å². The summed E-state index contributed by atoms with van der Waals surface area (Å²) in [6, 6.07) is 2.85. The van der Waals surface area contributed by atoms with Gasteiger partial charge in [-0.05, 0) is 12.1 Å². The molecule has 1 atom stereocenters. The van der Waals surface area contributed by atoms with Crippen molar-refractivity contribution in [3.63, 3.8) is 0 Å². The van der Waals surface area contributed by atoms with Gasteiger partial charge in [0.2, 0.25) is 5.88 Å². The molecule has 1 saturated heterocycles. The highest BCUT2D eigenvalue weighted by atomic mass is 19.1. The predicted octanol–water partition coefficient (Wildman–Crippen LogP) is 1.39. The summed E-state index contributed by atoms with van der Waals surface area (Å²) < 4.78 is 23.2. The van der Waals surface area contributed by atoms with E-state index in [2.05, 4.69) is 4.98 Å². The van der Waals surface area contributed by atoms with Gasteiger partial charge in [-0.25, -0.2) is 9.37 Å². The maximum Gasteiger partial charge on any atom is 0.250 e. The highest BCUT2D eigenvalue weighted by Gasteiger charge is 2.19. The van der Waals surface area contributed by atoms with Crippen molar-refractivity contribution in [3.8, 4) is 5.88 Å². The first kappa shape index (κ1) is 8.44. The summed E-state index contributed by atoms with van der Waals surface area (Å²) in [5, 5.41) is 0. The van der Waals surface area contributed by atoms with E-state index in [1.54, 1.807) is 0 Å². The number of rotatable bonds is 3. The van der Waals surface area contributed by atoms with E-state index < -0.39 is 5.82 Å². The zero-order chi connectivity index (χ0) is 9.10. The molecule has 1 aromatic heterocycles. The Kier molecular flexibility index (Phi) is 2.40. The summed E-state index contributed by atoms with van der Waals surface area (Å²) in [7, 11) is 0. The molecule has 1 aromatic rings. The molecule has 0 amide bonds. The fourth-order valence-corrected chi connectivity index (χ4v) is 1.07. The maximum absolute atomic E-state index is 12.9. The topological polar surface area (TPSA) is 31.4 Å². The number of hydrogen-bond acceptors (Lipinski definition) is 3. The summed E-state index contributed by atoms with van der Waals surface area (Å²) in [6.45, 7) is 1.16. The van der Waals surface area contributed by atoms with Gasteiger partial charge < -0.3 is 9.47 Å². The molecule has 1 fully saturated rings. The van der Waals surface area contributed by atoms with Gasteiger partial charge in [0.25, 0.3) is 0 Å². The summed E-state index contributed by atoms with van der Waals surface area (Å²) in [5.74, 6) is -0.375. The van der Waals surface area contributed by atoms with E-state index in [0.29, 0.717) is 6.61 Å². The second-order valence-corrected chi connectivity index (χ2v) is 2.88. The standard InChI is InChI=1S/C9H10FNO2/c10-8-2-1-4-11-9(8)13-6-7-3-5-12-7/h1-2,4,7H,3,5-6H2. The van der Waals surface area contributed by atoms with E-state index in [-0.39, 0.29) is 12.0 Å². The lowest BCUT2D eigenvalue weighted by Crippen LogP contribution is -2.32. The van der Waals surface area contributed by atoms with Crippen molar-refractivity contribution in [2.75, 3.05) is 13.2 Å². The summed E-state index contributed by atoms with van der Waals surface area (Å²) >= 11 is 0. The van der Waals surface area contributed by atoms with Crippen LogP contribution in [0.5, 0.6) is 5.88 Å². The molecule has 2 rings (SSSR count). The van der Waals surface area contributed by atoms with Crippen LogP contribution in [0.25, 0.3) is 0 Å². The van der Waals surface area contributed by atoms with Gasteiger partial charge in [-0.2, -0.15) is 0 Å². The lowest BCUT2D eigenvalue weighted by molar-refractivity contribution is -0.0732. The number of halogens is 1. The molecule has 2 heterocycles. The third-order valence-electron chi connectivity index (χ3n) is 1.92. The molecule has 0 N–H and O–H groups in total. The fraction of sp³-hybridized carbons (Fsp3) is 0.444. The van der Waals surface area contributed by atoms with Crippen LogP contribution in [-0.2, 0) is 4.74 Å². The van der Waals surface area contributed by atoms with Crippen LogP contribution in [0.4, 0.5) is 4.39 Å². The van der Waals surface area contributed by atoms with Crippen molar-refractivity contribution in [1.29, 1.82) is 0 Å². The average Bonchev–Trinajstić information content (AvgIpc) is 2.05. The van der Waals surface area contributed by atoms with Crippen LogP contribution in [0, 0.1) is 5.82 Å². The minimum Gasteiger partial charge on any atom is -0.473 e. The molecule has 0 radical (unpaired) electrons. The van der Waals surface area contributed by atoms with Crippen LogP contribution >= 0.6 is 0 Å². The third-order valence-corrected chi connectivity index (χ3v) is 1.92. The number of hydrogen-bond donors (Lipinski definition) is 0. The van der Waals surface area contributed by atoms with Crippen molar-refractivity contribution in [3.05, 3.63) is 24.1 Å². The zero-order valence-electron chi connectivity index (χ0n) is 7.07. The SMILES string of the molecule is Fc1cccnc1OCC1CCO1. The predicted molar refractivity (Wildman–Crippen MR) is 44.0 cm³/mol. The Labute approximate surface area is 75.5 Å². The van der Waals surface area contributed by atoms with E-state index >= 15 is 0 Å². The molecule has 0 saturated carbocycles. The Morgan fingerprint density at radius 1 is 1.69 bits per heavy atom. The number of aromatic nitrogens is 1. The molecule has 0 aromatic carbocycles. The number of nitrogens with zero attached hydrogens (tertiary/aromatic N) is 1. The van der Waals surface area contributed by atoms with E-state index in [9.17, 15) is 4.39 Å². The zero-order valence-corrected chi connectivity index (χ0v) is 7.07. The monoisotopic (exact) mass is 183 g/mol. The van der Waals surface area contributed by atoms with Crippen LogP contribution in [0.1, 0.15) is 6.42 Å². The minimum atomic E-state index is -0.429. The third kappa shape index (κ3) is 1.95. The Hall–Kier alpha value is -1.16. The van der Waals surface area contributed by atoms with Crippen molar-refractivity contribution in [2.45, 2.75) is 12.5 Å². The lowest BCUT2D eigenvalue weighted by atomic mass is 10.2. The Balaban J connectivity index is 1.89. The van der Waals surface area contributed by atoms with Gasteiger partial charge in [-0.3, -0.25) is 0 Å². The Morgan fingerprint density at radius 3 is 3.15 bits per heavy atom. The first-order valence-corrected chi connectivity index (χ1v) is 4.21. The quantitative estimate of drug-likeness (QED) is 0.709. The molecule has 3 nitrogen and oxygen atoms in total. The number of ether oxygens (including phenoxy) is 2. The van der Waals surface area contributed by atoms with Gasteiger partial charge in [0, 0.05) is 19.2 Å². The highest BCUT2D eigenvalue weighted by Crippen LogP contribution is 2.15. The summed E-state index contributed by atoms with van der Waals surface area (Å²) in [5.41, 5.74) is 0. The van der Waals surface area contributed by atoms with Gasteiger partial charge in [0.05, 0.1) is 6.10 Å². The van der Waals surface area contributed by atoms with Gasteiger partial charge in [-0.15, -0.1) is 0 Å². The first-order valence-electron chi connectivity index (χ1n) is 4.21. The summed E-state index contributed by atoms with van der Waals surface area (Å²) in [4.78, 5) is 3.76. The molecule has 13 heavy (non-hydrogen) atoms. The average molecular weight is 183 g/mol. The van der Waals surface area contributed by atoms with Crippen LogP contribution < -0.4 is 4.74 Å². The summed E-state index contributed by atoms with van der Waals surface area (Å²) in [6.07, 6.45) is 2.59.